The molecule has 0 saturated heterocycles. The van der Waals surface area contributed by atoms with Crippen LogP contribution in [-0.4, -0.2) is 38.8 Å². The van der Waals surface area contributed by atoms with Crippen LogP contribution in [0.15, 0.2) is 59.5 Å². The summed E-state index contributed by atoms with van der Waals surface area (Å²) in [6.45, 7) is 4.22. The molecular formula is C22H23FN2O4S2. The van der Waals surface area contributed by atoms with Crippen LogP contribution in [-0.2, 0) is 10.0 Å². The number of methoxy groups -OCH3 is 1. The minimum Gasteiger partial charge on any atom is -0.495 e. The second kappa shape index (κ2) is 9.59. The van der Waals surface area contributed by atoms with Gasteiger partial charge in [0.1, 0.15) is 11.6 Å². The van der Waals surface area contributed by atoms with Gasteiger partial charge >= 0.3 is 0 Å². The predicted molar refractivity (Wildman–Crippen MR) is 121 cm³/mol. The van der Waals surface area contributed by atoms with E-state index in [1.807, 2.05) is 0 Å². The third-order valence-corrected chi connectivity index (χ3v) is 7.90. The van der Waals surface area contributed by atoms with E-state index < -0.39 is 15.9 Å². The molecule has 31 heavy (non-hydrogen) atoms. The molecule has 164 valence electrons. The quantitative estimate of drug-likeness (QED) is 0.519. The van der Waals surface area contributed by atoms with E-state index >= 15 is 0 Å². The summed E-state index contributed by atoms with van der Waals surface area (Å²) in [6.07, 6.45) is 0. The first kappa shape index (κ1) is 22.9. The summed E-state index contributed by atoms with van der Waals surface area (Å²) in [6, 6.07) is 13.8. The van der Waals surface area contributed by atoms with Gasteiger partial charge in [-0.2, -0.15) is 4.31 Å². The fourth-order valence-electron chi connectivity index (χ4n) is 3.07. The van der Waals surface area contributed by atoms with Crippen molar-refractivity contribution in [2.24, 2.45) is 0 Å². The van der Waals surface area contributed by atoms with Crippen LogP contribution < -0.4 is 10.1 Å². The second-order valence-corrected chi connectivity index (χ2v) is 9.60. The van der Waals surface area contributed by atoms with Crippen molar-refractivity contribution in [3.63, 3.8) is 0 Å². The lowest BCUT2D eigenvalue weighted by atomic mass is 10.2. The van der Waals surface area contributed by atoms with Crippen LogP contribution in [0.5, 0.6) is 5.75 Å². The molecule has 1 N–H and O–H groups in total. The molecule has 1 heterocycles. The summed E-state index contributed by atoms with van der Waals surface area (Å²) in [4.78, 5) is 14.1. The fourth-order valence-corrected chi connectivity index (χ4v) is 5.46. The van der Waals surface area contributed by atoms with E-state index in [0.717, 1.165) is 10.4 Å². The maximum absolute atomic E-state index is 13.1. The number of benzene rings is 2. The number of anilines is 1. The van der Waals surface area contributed by atoms with Gasteiger partial charge in [0.25, 0.3) is 5.91 Å². The second-order valence-electron chi connectivity index (χ2n) is 6.58. The summed E-state index contributed by atoms with van der Waals surface area (Å²) in [5.74, 6) is -0.374. The lowest BCUT2D eigenvalue weighted by molar-refractivity contribution is 0.103. The molecule has 0 bridgehead atoms. The molecule has 3 aromatic rings. The van der Waals surface area contributed by atoms with Crippen molar-refractivity contribution in [2.45, 2.75) is 18.7 Å². The minimum absolute atomic E-state index is 0.0745. The van der Waals surface area contributed by atoms with E-state index in [-0.39, 0.29) is 16.4 Å². The number of carbonyl (C=O) groups excluding carboxylic acids is 1. The number of halogens is 1. The molecular weight excluding hydrogens is 439 g/mol. The lowest BCUT2D eigenvalue weighted by Gasteiger charge is -2.19. The lowest BCUT2D eigenvalue weighted by Crippen LogP contribution is -2.30. The van der Waals surface area contributed by atoms with Gasteiger partial charge in [-0.05, 0) is 48.0 Å². The van der Waals surface area contributed by atoms with E-state index in [4.69, 9.17) is 4.74 Å². The van der Waals surface area contributed by atoms with Crippen LogP contribution in [0.4, 0.5) is 10.1 Å². The average molecular weight is 463 g/mol. The van der Waals surface area contributed by atoms with E-state index in [1.165, 1.54) is 53.1 Å². The van der Waals surface area contributed by atoms with Crippen molar-refractivity contribution in [1.29, 1.82) is 0 Å². The van der Waals surface area contributed by atoms with E-state index in [1.54, 1.807) is 38.1 Å². The van der Waals surface area contributed by atoms with E-state index in [2.05, 4.69) is 5.32 Å². The summed E-state index contributed by atoms with van der Waals surface area (Å²) < 4.78 is 45.4. The number of sulfonamides is 1. The van der Waals surface area contributed by atoms with Crippen LogP contribution >= 0.6 is 11.3 Å². The highest BCUT2D eigenvalue weighted by Gasteiger charge is 2.23. The zero-order valence-electron chi connectivity index (χ0n) is 17.4. The minimum atomic E-state index is -3.69. The van der Waals surface area contributed by atoms with Gasteiger partial charge in [0, 0.05) is 18.0 Å². The van der Waals surface area contributed by atoms with Gasteiger partial charge in [-0.1, -0.05) is 26.0 Å². The Labute approximate surface area is 185 Å². The Morgan fingerprint density at radius 1 is 1.06 bits per heavy atom. The van der Waals surface area contributed by atoms with Crippen LogP contribution in [0.1, 0.15) is 23.5 Å². The highest BCUT2D eigenvalue weighted by molar-refractivity contribution is 7.89. The molecule has 0 aliphatic carbocycles. The topological polar surface area (TPSA) is 75.7 Å². The first-order chi connectivity index (χ1) is 14.8. The smallest absolute Gasteiger partial charge is 0.265 e. The first-order valence-corrected chi connectivity index (χ1v) is 11.9. The Morgan fingerprint density at radius 2 is 1.74 bits per heavy atom. The fraction of sp³-hybridized carbons (Fsp3) is 0.227. The van der Waals surface area contributed by atoms with Crippen molar-refractivity contribution in [1.82, 2.24) is 4.31 Å². The number of rotatable bonds is 8. The van der Waals surface area contributed by atoms with Gasteiger partial charge < -0.3 is 10.1 Å². The maximum atomic E-state index is 13.1. The van der Waals surface area contributed by atoms with Gasteiger partial charge in [0.2, 0.25) is 10.0 Å². The highest BCUT2D eigenvalue weighted by Crippen LogP contribution is 2.32. The Morgan fingerprint density at radius 3 is 2.35 bits per heavy atom. The number of thiophene rings is 1. The van der Waals surface area contributed by atoms with Gasteiger partial charge in [0.15, 0.2) is 0 Å². The molecule has 1 amide bonds. The monoisotopic (exact) mass is 462 g/mol. The maximum Gasteiger partial charge on any atom is 0.265 e. The molecule has 0 aliphatic rings. The van der Waals surface area contributed by atoms with Crippen molar-refractivity contribution < 1.29 is 22.3 Å². The third kappa shape index (κ3) is 4.95. The van der Waals surface area contributed by atoms with E-state index in [9.17, 15) is 17.6 Å². The molecule has 0 saturated carbocycles. The van der Waals surface area contributed by atoms with Gasteiger partial charge in [-0.25, -0.2) is 12.8 Å². The summed E-state index contributed by atoms with van der Waals surface area (Å²) in [5, 5.41) is 2.74. The normalized spacial score (nSPS) is 11.5. The molecule has 0 spiro atoms. The molecule has 6 nitrogen and oxygen atoms in total. The van der Waals surface area contributed by atoms with Crippen molar-refractivity contribution in [2.75, 3.05) is 25.5 Å². The zero-order chi connectivity index (χ0) is 22.6. The summed E-state index contributed by atoms with van der Waals surface area (Å²) in [7, 11) is -2.24. The predicted octanol–water partition coefficient (Wildman–Crippen LogP) is 4.85. The van der Waals surface area contributed by atoms with Gasteiger partial charge in [-0.3, -0.25) is 4.79 Å². The highest BCUT2D eigenvalue weighted by atomic mass is 32.2. The number of hydrogen-bond donors (Lipinski definition) is 1. The molecule has 9 heteroatoms. The standard InChI is InChI=1S/C22H23FN2O4S2/c1-4-25(5-2)31(27,28)17-10-11-19(29-3)18(14-17)24-22(26)21-13-12-20(30-21)15-6-8-16(23)9-7-15/h6-14H,4-5H2,1-3H3,(H,24,26). The molecule has 0 radical (unpaired) electrons. The average Bonchev–Trinajstić information content (AvgIpc) is 3.25. The van der Waals surface area contributed by atoms with Crippen molar-refractivity contribution >= 4 is 33.0 Å². The third-order valence-electron chi connectivity index (χ3n) is 4.72. The number of ether oxygens (including phenoxy) is 1. The number of hydrogen-bond acceptors (Lipinski definition) is 5. The zero-order valence-corrected chi connectivity index (χ0v) is 19.0. The Kier molecular flexibility index (Phi) is 7.09. The van der Waals surface area contributed by atoms with Crippen LogP contribution in [0, 0.1) is 5.82 Å². The molecule has 0 aliphatic heterocycles. The first-order valence-electron chi connectivity index (χ1n) is 9.65. The van der Waals surface area contributed by atoms with Crippen molar-refractivity contribution in [3.8, 4) is 16.2 Å². The van der Waals surface area contributed by atoms with Crippen LogP contribution in [0.3, 0.4) is 0 Å². The summed E-state index contributed by atoms with van der Waals surface area (Å²) >= 11 is 1.25. The number of carbonyl (C=O) groups is 1. The Balaban J connectivity index is 1.88. The number of amides is 1. The largest absolute Gasteiger partial charge is 0.495 e. The van der Waals surface area contributed by atoms with Crippen LogP contribution in [0.25, 0.3) is 10.4 Å². The molecule has 0 fully saturated rings. The number of nitrogens with zero attached hydrogens (tertiary/aromatic N) is 1. The van der Waals surface area contributed by atoms with E-state index in [0.29, 0.717) is 23.7 Å². The van der Waals surface area contributed by atoms with Crippen LogP contribution in [0.2, 0.25) is 0 Å². The van der Waals surface area contributed by atoms with Gasteiger partial charge in [0.05, 0.1) is 22.6 Å². The Bertz CT molecular complexity index is 1170. The Hall–Kier alpha value is -2.75. The molecule has 3 rings (SSSR count). The molecule has 0 unspecified atom stereocenters. The number of nitrogens with one attached hydrogen (secondary N) is 1. The summed E-state index contributed by atoms with van der Waals surface area (Å²) in [5.41, 5.74) is 1.06. The molecule has 0 atom stereocenters. The molecule has 2 aromatic carbocycles. The van der Waals surface area contributed by atoms with Crippen molar-refractivity contribution in [3.05, 3.63) is 65.3 Å². The SMILES string of the molecule is CCN(CC)S(=O)(=O)c1ccc(OC)c(NC(=O)c2ccc(-c3ccc(F)cc3)s2)c1. The van der Waals surface area contributed by atoms with Gasteiger partial charge in [-0.15, -0.1) is 11.3 Å². The molecule has 1 aromatic heterocycles.